The molecule has 2 amide bonds. The number of hydrogen-bond acceptors (Lipinski definition) is 3. The Balaban J connectivity index is 2.02. The molecule has 0 radical (unpaired) electrons. The smallest absolute Gasteiger partial charge is 0.314 e. The Hall–Kier alpha value is -2.41. The lowest BCUT2D eigenvalue weighted by Crippen LogP contribution is -2.29. The van der Waals surface area contributed by atoms with E-state index in [4.69, 9.17) is 11.6 Å². The molecule has 0 aliphatic heterocycles. The minimum Gasteiger partial charge on any atom is -0.316 e. The molecule has 1 heterocycles. The Morgan fingerprint density at radius 3 is 2.63 bits per heavy atom. The first kappa shape index (κ1) is 13.0. The molecule has 0 atom stereocenters. The highest BCUT2D eigenvalue weighted by atomic mass is 35.5. The predicted molar refractivity (Wildman–Crippen MR) is 67.3 cm³/mol. The molecule has 2 rings (SSSR count). The van der Waals surface area contributed by atoms with Crippen LogP contribution in [0.4, 0.5) is 15.8 Å². The van der Waals surface area contributed by atoms with Gasteiger partial charge in [0, 0.05) is 6.20 Å². The van der Waals surface area contributed by atoms with E-state index in [2.05, 4.69) is 20.8 Å². The number of halogens is 2. The predicted octanol–water partition coefficient (Wildman–Crippen LogP) is 1.78. The van der Waals surface area contributed by atoms with Crippen LogP contribution >= 0.6 is 11.6 Å². The standard InChI is InChI=1S/C11H8ClFN4O2/c12-8-3-6(13)1-2-9(8)17-11(19)10(18)16-7-4-14-15-5-7/h1-5H,(H,14,15)(H,16,18)(H,17,19). The van der Waals surface area contributed by atoms with Crippen molar-refractivity contribution < 1.29 is 14.0 Å². The third-order valence-electron chi connectivity index (χ3n) is 2.14. The maximum atomic E-state index is 12.8. The summed E-state index contributed by atoms with van der Waals surface area (Å²) in [6, 6.07) is 3.42. The van der Waals surface area contributed by atoms with Crippen LogP contribution in [0.2, 0.25) is 5.02 Å². The average molecular weight is 283 g/mol. The van der Waals surface area contributed by atoms with Gasteiger partial charge in [-0.15, -0.1) is 0 Å². The van der Waals surface area contributed by atoms with E-state index >= 15 is 0 Å². The molecule has 1 aromatic heterocycles. The van der Waals surface area contributed by atoms with E-state index < -0.39 is 17.6 Å². The third kappa shape index (κ3) is 3.29. The van der Waals surface area contributed by atoms with E-state index in [-0.39, 0.29) is 10.7 Å². The summed E-state index contributed by atoms with van der Waals surface area (Å²) in [4.78, 5) is 23.1. The van der Waals surface area contributed by atoms with Gasteiger partial charge in [0.05, 0.1) is 22.6 Å². The maximum absolute atomic E-state index is 12.8. The molecule has 98 valence electrons. The minimum absolute atomic E-state index is 0.00413. The number of aromatic nitrogens is 2. The SMILES string of the molecule is O=C(Nc1cn[nH]c1)C(=O)Nc1ccc(F)cc1Cl. The Bertz CT molecular complexity index is 615. The summed E-state index contributed by atoms with van der Waals surface area (Å²) >= 11 is 5.72. The van der Waals surface area contributed by atoms with Crippen molar-refractivity contribution in [3.8, 4) is 0 Å². The van der Waals surface area contributed by atoms with Crippen molar-refractivity contribution in [2.24, 2.45) is 0 Å². The molecular weight excluding hydrogens is 275 g/mol. The van der Waals surface area contributed by atoms with E-state index in [9.17, 15) is 14.0 Å². The number of nitrogens with zero attached hydrogens (tertiary/aromatic N) is 1. The van der Waals surface area contributed by atoms with E-state index in [0.29, 0.717) is 5.69 Å². The molecule has 2 aromatic rings. The van der Waals surface area contributed by atoms with Crippen LogP contribution in [0.5, 0.6) is 0 Å². The first-order valence-corrected chi connectivity index (χ1v) is 5.50. The Morgan fingerprint density at radius 1 is 1.26 bits per heavy atom. The molecular formula is C11H8ClFN4O2. The lowest BCUT2D eigenvalue weighted by atomic mass is 10.3. The van der Waals surface area contributed by atoms with Crippen LogP contribution in [0.15, 0.2) is 30.6 Å². The van der Waals surface area contributed by atoms with Gasteiger partial charge in [-0.2, -0.15) is 5.10 Å². The van der Waals surface area contributed by atoms with Crippen molar-refractivity contribution in [1.82, 2.24) is 10.2 Å². The van der Waals surface area contributed by atoms with Gasteiger partial charge in [0.25, 0.3) is 0 Å². The second-order valence-corrected chi connectivity index (χ2v) is 3.93. The second kappa shape index (κ2) is 5.49. The van der Waals surface area contributed by atoms with Crippen molar-refractivity contribution in [1.29, 1.82) is 0 Å². The first-order valence-electron chi connectivity index (χ1n) is 5.12. The van der Waals surface area contributed by atoms with Crippen LogP contribution in [0.1, 0.15) is 0 Å². The normalized spacial score (nSPS) is 10.0. The van der Waals surface area contributed by atoms with Crippen LogP contribution in [-0.4, -0.2) is 22.0 Å². The zero-order valence-corrected chi connectivity index (χ0v) is 10.2. The highest BCUT2D eigenvalue weighted by molar-refractivity contribution is 6.44. The quantitative estimate of drug-likeness (QED) is 0.734. The monoisotopic (exact) mass is 282 g/mol. The lowest BCUT2D eigenvalue weighted by Gasteiger charge is -2.06. The highest BCUT2D eigenvalue weighted by Crippen LogP contribution is 2.22. The van der Waals surface area contributed by atoms with Gasteiger partial charge in [-0.3, -0.25) is 14.7 Å². The number of hydrogen-bond donors (Lipinski definition) is 3. The van der Waals surface area contributed by atoms with Crippen LogP contribution in [0, 0.1) is 5.82 Å². The molecule has 0 fully saturated rings. The average Bonchev–Trinajstić information content (AvgIpc) is 2.85. The summed E-state index contributed by atoms with van der Waals surface area (Å²) in [6.45, 7) is 0. The molecule has 0 aliphatic carbocycles. The lowest BCUT2D eigenvalue weighted by molar-refractivity contribution is -0.132. The molecule has 0 aliphatic rings. The zero-order valence-electron chi connectivity index (χ0n) is 9.41. The third-order valence-corrected chi connectivity index (χ3v) is 2.45. The van der Waals surface area contributed by atoms with Gasteiger partial charge in [0.15, 0.2) is 0 Å². The molecule has 0 spiro atoms. The molecule has 0 saturated carbocycles. The molecule has 8 heteroatoms. The van der Waals surface area contributed by atoms with Gasteiger partial charge in [-0.25, -0.2) is 4.39 Å². The van der Waals surface area contributed by atoms with E-state index in [1.165, 1.54) is 18.5 Å². The van der Waals surface area contributed by atoms with Crippen LogP contribution < -0.4 is 10.6 Å². The van der Waals surface area contributed by atoms with Crippen molar-refractivity contribution in [3.63, 3.8) is 0 Å². The fourth-order valence-electron chi connectivity index (χ4n) is 1.28. The fourth-order valence-corrected chi connectivity index (χ4v) is 1.49. The van der Waals surface area contributed by atoms with Gasteiger partial charge in [0.2, 0.25) is 0 Å². The maximum Gasteiger partial charge on any atom is 0.314 e. The summed E-state index contributed by atoms with van der Waals surface area (Å²) in [5.41, 5.74) is 0.501. The van der Waals surface area contributed by atoms with Gasteiger partial charge >= 0.3 is 11.8 Å². The van der Waals surface area contributed by atoms with Crippen LogP contribution in [0.3, 0.4) is 0 Å². The number of anilines is 2. The number of aromatic amines is 1. The number of H-pyrrole nitrogens is 1. The fraction of sp³-hybridized carbons (Fsp3) is 0. The van der Waals surface area contributed by atoms with E-state index in [1.807, 2.05) is 0 Å². The Morgan fingerprint density at radius 2 is 2.00 bits per heavy atom. The highest BCUT2D eigenvalue weighted by Gasteiger charge is 2.15. The number of nitrogens with one attached hydrogen (secondary N) is 3. The molecule has 1 aromatic carbocycles. The number of rotatable bonds is 2. The van der Waals surface area contributed by atoms with Gasteiger partial charge in [-0.05, 0) is 18.2 Å². The van der Waals surface area contributed by atoms with E-state index in [1.54, 1.807) is 0 Å². The first-order chi connectivity index (χ1) is 9.06. The topological polar surface area (TPSA) is 86.9 Å². The molecule has 19 heavy (non-hydrogen) atoms. The number of benzene rings is 1. The zero-order chi connectivity index (χ0) is 13.8. The van der Waals surface area contributed by atoms with Crippen molar-refractivity contribution >= 4 is 34.8 Å². The summed E-state index contributed by atoms with van der Waals surface area (Å²) in [7, 11) is 0. The Labute approximate surface area is 112 Å². The molecule has 0 unspecified atom stereocenters. The second-order valence-electron chi connectivity index (χ2n) is 3.52. The van der Waals surface area contributed by atoms with Crippen molar-refractivity contribution in [2.75, 3.05) is 10.6 Å². The largest absolute Gasteiger partial charge is 0.316 e. The van der Waals surface area contributed by atoms with Gasteiger partial charge < -0.3 is 10.6 Å². The van der Waals surface area contributed by atoms with Crippen LogP contribution in [0.25, 0.3) is 0 Å². The Kier molecular flexibility index (Phi) is 3.76. The summed E-state index contributed by atoms with van der Waals surface area (Å²) in [5, 5.41) is 10.7. The van der Waals surface area contributed by atoms with E-state index in [0.717, 1.165) is 12.1 Å². The number of amides is 2. The number of carbonyl (C=O) groups excluding carboxylic acids is 2. The van der Waals surface area contributed by atoms with Gasteiger partial charge in [0.1, 0.15) is 5.82 Å². The molecule has 0 bridgehead atoms. The number of carbonyl (C=O) groups is 2. The summed E-state index contributed by atoms with van der Waals surface area (Å²) in [5.74, 6) is -2.35. The molecule has 3 N–H and O–H groups in total. The van der Waals surface area contributed by atoms with Gasteiger partial charge in [-0.1, -0.05) is 11.6 Å². The summed E-state index contributed by atoms with van der Waals surface area (Å²) < 4.78 is 12.8. The summed E-state index contributed by atoms with van der Waals surface area (Å²) in [6.07, 6.45) is 2.76. The van der Waals surface area contributed by atoms with Crippen LogP contribution in [-0.2, 0) is 9.59 Å². The molecule has 0 saturated heterocycles. The van der Waals surface area contributed by atoms with Crippen molar-refractivity contribution in [3.05, 3.63) is 41.4 Å². The molecule has 6 nitrogen and oxygen atoms in total. The minimum atomic E-state index is -0.922. The van der Waals surface area contributed by atoms with Crippen molar-refractivity contribution in [2.45, 2.75) is 0 Å².